The highest BCUT2D eigenvalue weighted by Gasteiger charge is 2.18. The van der Waals surface area contributed by atoms with Crippen LogP contribution in [0.15, 0.2) is 48.5 Å². The predicted octanol–water partition coefficient (Wildman–Crippen LogP) is 3.78. The lowest BCUT2D eigenvalue weighted by molar-refractivity contribution is -0.158. The SMILES string of the molecule is CC(=O)Oc1ccc(-c2ccc(C(=O)OCC(=O)OC(C)(C)C)cc2)cc1. The first kappa shape index (κ1) is 20.2. The number of esters is 3. The molecule has 2 aromatic rings. The second-order valence-corrected chi connectivity index (χ2v) is 6.86. The molecule has 0 fully saturated rings. The Morgan fingerprint density at radius 3 is 1.85 bits per heavy atom. The summed E-state index contributed by atoms with van der Waals surface area (Å²) in [6, 6.07) is 13.8. The van der Waals surface area contributed by atoms with E-state index in [1.54, 1.807) is 57.2 Å². The highest BCUT2D eigenvalue weighted by molar-refractivity contribution is 5.91. The van der Waals surface area contributed by atoms with Crippen molar-refractivity contribution >= 4 is 17.9 Å². The van der Waals surface area contributed by atoms with Crippen molar-refractivity contribution in [2.24, 2.45) is 0 Å². The summed E-state index contributed by atoms with van der Waals surface area (Å²) in [6.45, 7) is 6.13. The lowest BCUT2D eigenvalue weighted by Gasteiger charge is -2.19. The number of rotatable bonds is 5. The third-order valence-corrected chi connectivity index (χ3v) is 3.31. The predicted molar refractivity (Wildman–Crippen MR) is 99.3 cm³/mol. The fraction of sp³-hybridized carbons (Fsp3) is 0.286. The summed E-state index contributed by atoms with van der Waals surface area (Å²) in [7, 11) is 0. The smallest absolute Gasteiger partial charge is 0.344 e. The molecule has 6 nitrogen and oxygen atoms in total. The maximum absolute atomic E-state index is 12.0. The first-order valence-corrected chi connectivity index (χ1v) is 8.42. The number of carbonyl (C=O) groups is 3. The molecule has 0 saturated carbocycles. The third kappa shape index (κ3) is 6.58. The molecule has 0 heterocycles. The van der Waals surface area contributed by atoms with E-state index >= 15 is 0 Å². The molecule has 0 aliphatic rings. The molecule has 0 aliphatic carbocycles. The first-order chi connectivity index (χ1) is 12.6. The third-order valence-electron chi connectivity index (χ3n) is 3.31. The van der Waals surface area contributed by atoms with Gasteiger partial charge in [-0.2, -0.15) is 0 Å². The van der Waals surface area contributed by atoms with E-state index in [0.29, 0.717) is 11.3 Å². The van der Waals surface area contributed by atoms with Gasteiger partial charge in [-0.05, 0) is 56.2 Å². The molecule has 142 valence electrons. The van der Waals surface area contributed by atoms with Crippen LogP contribution in [0, 0.1) is 0 Å². The molecule has 0 unspecified atom stereocenters. The van der Waals surface area contributed by atoms with Crippen LogP contribution in [0.1, 0.15) is 38.1 Å². The van der Waals surface area contributed by atoms with Crippen LogP contribution >= 0.6 is 0 Å². The average Bonchev–Trinajstić information content (AvgIpc) is 2.58. The lowest BCUT2D eigenvalue weighted by atomic mass is 10.0. The zero-order valence-electron chi connectivity index (χ0n) is 15.8. The van der Waals surface area contributed by atoms with Gasteiger partial charge < -0.3 is 14.2 Å². The summed E-state index contributed by atoms with van der Waals surface area (Å²) < 4.78 is 15.1. The first-order valence-electron chi connectivity index (χ1n) is 8.42. The van der Waals surface area contributed by atoms with E-state index in [1.165, 1.54) is 6.92 Å². The Morgan fingerprint density at radius 2 is 1.37 bits per heavy atom. The van der Waals surface area contributed by atoms with E-state index in [2.05, 4.69) is 0 Å². The molecule has 0 amide bonds. The number of ether oxygens (including phenoxy) is 3. The topological polar surface area (TPSA) is 78.9 Å². The summed E-state index contributed by atoms with van der Waals surface area (Å²) in [5.41, 5.74) is 1.49. The molecule has 0 aliphatic heterocycles. The molecule has 2 aromatic carbocycles. The van der Waals surface area contributed by atoms with Crippen LogP contribution < -0.4 is 4.74 Å². The Kier molecular flexibility index (Phi) is 6.34. The van der Waals surface area contributed by atoms with Crippen molar-refractivity contribution in [2.75, 3.05) is 6.61 Å². The zero-order valence-corrected chi connectivity index (χ0v) is 15.8. The maximum Gasteiger partial charge on any atom is 0.344 e. The Hall–Kier alpha value is -3.15. The highest BCUT2D eigenvalue weighted by Crippen LogP contribution is 2.23. The molecule has 0 saturated heterocycles. The number of benzene rings is 2. The van der Waals surface area contributed by atoms with Crippen molar-refractivity contribution in [1.82, 2.24) is 0 Å². The van der Waals surface area contributed by atoms with Crippen LogP contribution in [0.4, 0.5) is 0 Å². The van der Waals surface area contributed by atoms with E-state index in [0.717, 1.165) is 11.1 Å². The van der Waals surface area contributed by atoms with Gasteiger partial charge in [0.1, 0.15) is 11.4 Å². The summed E-state index contributed by atoms with van der Waals surface area (Å²) in [5.74, 6) is -1.11. The Labute approximate surface area is 158 Å². The van der Waals surface area contributed by atoms with Crippen LogP contribution in [0.2, 0.25) is 0 Å². The van der Waals surface area contributed by atoms with E-state index in [4.69, 9.17) is 14.2 Å². The maximum atomic E-state index is 12.0. The molecule has 0 N–H and O–H groups in total. The number of carbonyl (C=O) groups excluding carboxylic acids is 3. The summed E-state index contributed by atoms with van der Waals surface area (Å²) >= 11 is 0. The van der Waals surface area contributed by atoms with Gasteiger partial charge in [-0.15, -0.1) is 0 Å². The van der Waals surface area contributed by atoms with Crippen LogP contribution in [-0.2, 0) is 19.1 Å². The fourth-order valence-electron chi connectivity index (χ4n) is 2.26. The van der Waals surface area contributed by atoms with Crippen LogP contribution in [0.25, 0.3) is 11.1 Å². The minimum absolute atomic E-state index is 0.332. The van der Waals surface area contributed by atoms with E-state index < -0.39 is 24.1 Å². The van der Waals surface area contributed by atoms with Gasteiger partial charge in [0, 0.05) is 6.92 Å². The largest absolute Gasteiger partial charge is 0.457 e. The molecule has 0 aromatic heterocycles. The second kappa shape index (κ2) is 8.49. The quantitative estimate of drug-likeness (QED) is 0.589. The van der Waals surface area contributed by atoms with Crippen molar-refractivity contribution in [3.05, 3.63) is 54.1 Å². The van der Waals surface area contributed by atoms with Gasteiger partial charge in [0.15, 0.2) is 6.61 Å². The zero-order chi connectivity index (χ0) is 20.0. The van der Waals surface area contributed by atoms with Crippen LogP contribution in [0.5, 0.6) is 5.75 Å². The molecule has 0 atom stereocenters. The van der Waals surface area contributed by atoms with E-state index in [1.807, 2.05) is 12.1 Å². The molecule has 0 radical (unpaired) electrons. The van der Waals surface area contributed by atoms with E-state index in [9.17, 15) is 14.4 Å². The minimum Gasteiger partial charge on any atom is -0.457 e. The second-order valence-electron chi connectivity index (χ2n) is 6.86. The van der Waals surface area contributed by atoms with E-state index in [-0.39, 0.29) is 5.97 Å². The molecule has 27 heavy (non-hydrogen) atoms. The van der Waals surface area contributed by atoms with Gasteiger partial charge in [0.25, 0.3) is 0 Å². The lowest BCUT2D eigenvalue weighted by Crippen LogP contribution is -2.27. The van der Waals surface area contributed by atoms with Gasteiger partial charge >= 0.3 is 17.9 Å². The van der Waals surface area contributed by atoms with Crippen LogP contribution in [-0.4, -0.2) is 30.1 Å². The van der Waals surface area contributed by atoms with Crippen LogP contribution in [0.3, 0.4) is 0 Å². The highest BCUT2D eigenvalue weighted by atomic mass is 16.6. The molecular weight excluding hydrogens is 348 g/mol. The van der Waals surface area contributed by atoms with Gasteiger partial charge in [0.2, 0.25) is 0 Å². The van der Waals surface area contributed by atoms with Crippen molar-refractivity contribution in [3.8, 4) is 16.9 Å². The van der Waals surface area contributed by atoms with Crippen molar-refractivity contribution in [2.45, 2.75) is 33.3 Å². The summed E-state index contributed by atoms with van der Waals surface area (Å²) in [4.78, 5) is 34.6. The van der Waals surface area contributed by atoms with Gasteiger partial charge in [-0.25, -0.2) is 9.59 Å². The molecule has 6 heteroatoms. The molecule has 0 spiro atoms. The Bertz CT molecular complexity index is 813. The van der Waals surface area contributed by atoms with Gasteiger partial charge in [0.05, 0.1) is 5.56 Å². The number of hydrogen-bond acceptors (Lipinski definition) is 6. The van der Waals surface area contributed by atoms with Crippen molar-refractivity contribution in [1.29, 1.82) is 0 Å². The van der Waals surface area contributed by atoms with Gasteiger partial charge in [-0.3, -0.25) is 4.79 Å². The van der Waals surface area contributed by atoms with Crippen molar-refractivity contribution in [3.63, 3.8) is 0 Å². The Balaban J connectivity index is 1.97. The number of hydrogen-bond donors (Lipinski definition) is 0. The standard InChI is InChI=1S/C21H22O6/c1-14(22)26-18-11-9-16(10-12-18)15-5-7-17(8-6-15)20(24)25-13-19(23)27-21(2,3)4/h5-12H,13H2,1-4H3. The normalized spacial score (nSPS) is 10.8. The molecular formula is C21H22O6. The summed E-state index contributed by atoms with van der Waals surface area (Å²) in [5, 5.41) is 0. The average molecular weight is 370 g/mol. The molecule has 0 bridgehead atoms. The summed E-state index contributed by atoms with van der Waals surface area (Å²) in [6.07, 6.45) is 0. The Morgan fingerprint density at radius 1 is 0.852 bits per heavy atom. The minimum atomic E-state index is -0.629. The molecule has 2 rings (SSSR count). The van der Waals surface area contributed by atoms with Gasteiger partial charge in [-0.1, -0.05) is 24.3 Å². The monoisotopic (exact) mass is 370 g/mol. The fourth-order valence-corrected chi connectivity index (χ4v) is 2.26. The van der Waals surface area contributed by atoms with Crippen molar-refractivity contribution < 1.29 is 28.6 Å².